The lowest BCUT2D eigenvalue weighted by Gasteiger charge is -2.13. The molecule has 106 valence electrons. The number of hydrogen-bond donors (Lipinski definition) is 3. The van der Waals surface area contributed by atoms with E-state index in [1.54, 1.807) is 0 Å². The van der Waals surface area contributed by atoms with Crippen molar-refractivity contribution in [2.75, 3.05) is 23.7 Å². The van der Waals surface area contributed by atoms with E-state index in [-0.39, 0.29) is 0 Å². The molecule has 0 atom stereocenters. The topological polar surface area (TPSA) is 44.3 Å². The SMILES string of the molecule is CCNc1ccc(C(O)c2ccc(NCC)cc2)cc1. The van der Waals surface area contributed by atoms with Gasteiger partial charge in [0.05, 0.1) is 0 Å². The lowest BCUT2D eigenvalue weighted by Crippen LogP contribution is -2.02. The lowest BCUT2D eigenvalue weighted by molar-refractivity contribution is 0.220. The fourth-order valence-electron chi connectivity index (χ4n) is 2.17. The smallest absolute Gasteiger partial charge is 0.104 e. The molecule has 0 saturated heterocycles. The van der Waals surface area contributed by atoms with Crippen LogP contribution in [0.15, 0.2) is 48.5 Å². The maximum atomic E-state index is 10.4. The van der Waals surface area contributed by atoms with E-state index in [2.05, 4.69) is 24.5 Å². The molecule has 0 aliphatic heterocycles. The minimum atomic E-state index is -0.582. The summed E-state index contributed by atoms with van der Waals surface area (Å²) in [7, 11) is 0. The molecule has 0 radical (unpaired) electrons. The van der Waals surface area contributed by atoms with E-state index < -0.39 is 6.10 Å². The van der Waals surface area contributed by atoms with Crippen LogP contribution in [0.1, 0.15) is 31.1 Å². The number of benzene rings is 2. The van der Waals surface area contributed by atoms with Crippen LogP contribution in [0.5, 0.6) is 0 Å². The van der Waals surface area contributed by atoms with E-state index in [9.17, 15) is 5.11 Å². The van der Waals surface area contributed by atoms with Gasteiger partial charge in [0.1, 0.15) is 6.10 Å². The molecule has 0 saturated carbocycles. The van der Waals surface area contributed by atoms with Crippen LogP contribution in [0, 0.1) is 0 Å². The largest absolute Gasteiger partial charge is 0.385 e. The number of hydrogen-bond acceptors (Lipinski definition) is 3. The van der Waals surface area contributed by atoms with Gasteiger partial charge in [-0.25, -0.2) is 0 Å². The summed E-state index contributed by atoms with van der Waals surface area (Å²) < 4.78 is 0. The minimum absolute atomic E-state index is 0.582. The summed E-state index contributed by atoms with van der Waals surface area (Å²) in [4.78, 5) is 0. The molecule has 0 amide bonds. The predicted molar refractivity (Wildman–Crippen MR) is 85.3 cm³/mol. The standard InChI is InChI=1S/C17H22N2O/c1-3-18-15-9-5-13(6-10-15)17(20)14-7-11-16(12-8-14)19-4-2/h5-12,17-20H,3-4H2,1-2H3. The van der Waals surface area contributed by atoms with Crippen molar-refractivity contribution < 1.29 is 5.11 Å². The van der Waals surface area contributed by atoms with Gasteiger partial charge in [0.25, 0.3) is 0 Å². The van der Waals surface area contributed by atoms with Gasteiger partial charge in [-0.05, 0) is 49.2 Å². The Hall–Kier alpha value is -2.00. The fourth-order valence-corrected chi connectivity index (χ4v) is 2.17. The molecule has 0 bridgehead atoms. The van der Waals surface area contributed by atoms with E-state index in [1.807, 2.05) is 48.5 Å². The van der Waals surface area contributed by atoms with Gasteiger partial charge >= 0.3 is 0 Å². The molecule has 20 heavy (non-hydrogen) atoms. The quantitative estimate of drug-likeness (QED) is 0.751. The molecule has 0 aliphatic rings. The zero-order chi connectivity index (χ0) is 14.4. The van der Waals surface area contributed by atoms with Crippen LogP contribution in [0.2, 0.25) is 0 Å². The second-order valence-electron chi connectivity index (χ2n) is 4.71. The van der Waals surface area contributed by atoms with Crippen molar-refractivity contribution in [2.45, 2.75) is 20.0 Å². The van der Waals surface area contributed by atoms with Gasteiger partial charge in [0.2, 0.25) is 0 Å². The number of aliphatic hydroxyl groups is 1. The molecule has 0 heterocycles. The van der Waals surface area contributed by atoms with Gasteiger partial charge in [0.15, 0.2) is 0 Å². The first kappa shape index (κ1) is 14.4. The highest BCUT2D eigenvalue weighted by Gasteiger charge is 2.10. The van der Waals surface area contributed by atoms with Crippen LogP contribution in [0.4, 0.5) is 11.4 Å². The van der Waals surface area contributed by atoms with E-state index in [1.165, 1.54) is 0 Å². The predicted octanol–water partition coefficient (Wildman–Crippen LogP) is 3.63. The summed E-state index contributed by atoms with van der Waals surface area (Å²) in [5.74, 6) is 0. The third-order valence-electron chi connectivity index (χ3n) is 3.21. The van der Waals surface area contributed by atoms with Crippen molar-refractivity contribution in [2.24, 2.45) is 0 Å². The molecule has 0 fully saturated rings. The summed E-state index contributed by atoms with van der Waals surface area (Å²) >= 11 is 0. The normalized spacial score (nSPS) is 10.6. The highest BCUT2D eigenvalue weighted by molar-refractivity contribution is 5.48. The molecular formula is C17H22N2O. The lowest BCUT2D eigenvalue weighted by atomic mass is 10.0. The molecular weight excluding hydrogens is 248 g/mol. The Kier molecular flexibility index (Phi) is 5.02. The van der Waals surface area contributed by atoms with Crippen molar-refractivity contribution >= 4 is 11.4 Å². The van der Waals surface area contributed by atoms with Crippen LogP contribution < -0.4 is 10.6 Å². The molecule has 2 aromatic rings. The van der Waals surface area contributed by atoms with Crippen molar-refractivity contribution in [3.8, 4) is 0 Å². The van der Waals surface area contributed by atoms with Crippen LogP contribution in [-0.2, 0) is 0 Å². The maximum absolute atomic E-state index is 10.4. The van der Waals surface area contributed by atoms with E-state index >= 15 is 0 Å². The second kappa shape index (κ2) is 6.96. The molecule has 0 aliphatic carbocycles. The first-order valence-corrected chi connectivity index (χ1v) is 7.10. The third kappa shape index (κ3) is 3.52. The summed E-state index contributed by atoms with van der Waals surface area (Å²) in [5, 5.41) is 16.9. The molecule has 0 spiro atoms. The number of aliphatic hydroxyl groups excluding tert-OH is 1. The third-order valence-corrected chi connectivity index (χ3v) is 3.21. The van der Waals surface area contributed by atoms with Crippen molar-refractivity contribution in [3.05, 3.63) is 59.7 Å². The van der Waals surface area contributed by atoms with Crippen LogP contribution in [0.25, 0.3) is 0 Å². The Bertz CT molecular complexity index is 470. The first-order valence-electron chi connectivity index (χ1n) is 7.10. The van der Waals surface area contributed by atoms with Crippen molar-refractivity contribution in [3.63, 3.8) is 0 Å². The zero-order valence-electron chi connectivity index (χ0n) is 12.1. The molecule has 3 N–H and O–H groups in total. The molecule has 2 aromatic carbocycles. The summed E-state index contributed by atoms with van der Waals surface area (Å²) in [6.07, 6.45) is -0.582. The van der Waals surface area contributed by atoms with Gasteiger partial charge in [-0.1, -0.05) is 24.3 Å². The van der Waals surface area contributed by atoms with Crippen molar-refractivity contribution in [1.29, 1.82) is 0 Å². The molecule has 3 heteroatoms. The summed E-state index contributed by atoms with van der Waals surface area (Å²) in [6.45, 7) is 5.92. The Morgan fingerprint density at radius 3 is 1.40 bits per heavy atom. The highest BCUT2D eigenvalue weighted by Crippen LogP contribution is 2.24. The van der Waals surface area contributed by atoms with Gasteiger partial charge in [-0.2, -0.15) is 0 Å². The van der Waals surface area contributed by atoms with Gasteiger partial charge in [0, 0.05) is 24.5 Å². The molecule has 0 aromatic heterocycles. The zero-order valence-corrected chi connectivity index (χ0v) is 12.1. The average molecular weight is 270 g/mol. The minimum Gasteiger partial charge on any atom is -0.385 e. The van der Waals surface area contributed by atoms with Gasteiger partial charge in [-0.3, -0.25) is 0 Å². The monoisotopic (exact) mass is 270 g/mol. The summed E-state index contributed by atoms with van der Waals surface area (Å²) in [6, 6.07) is 15.8. The molecule has 2 rings (SSSR count). The van der Waals surface area contributed by atoms with E-state index in [4.69, 9.17) is 0 Å². The average Bonchev–Trinajstić information content (AvgIpc) is 2.49. The Labute approximate surface area is 120 Å². The van der Waals surface area contributed by atoms with Gasteiger partial charge < -0.3 is 15.7 Å². The fraction of sp³-hybridized carbons (Fsp3) is 0.294. The van der Waals surface area contributed by atoms with Crippen LogP contribution >= 0.6 is 0 Å². The van der Waals surface area contributed by atoms with Crippen molar-refractivity contribution in [1.82, 2.24) is 0 Å². The maximum Gasteiger partial charge on any atom is 0.104 e. The molecule has 0 unspecified atom stereocenters. The second-order valence-corrected chi connectivity index (χ2v) is 4.71. The van der Waals surface area contributed by atoms with E-state index in [0.717, 1.165) is 35.6 Å². The number of anilines is 2. The number of rotatable bonds is 6. The Balaban J connectivity index is 2.11. The summed E-state index contributed by atoms with van der Waals surface area (Å²) in [5.41, 5.74) is 3.96. The Morgan fingerprint density at radius 2 is 1.10 bits per heavy atom. The van der Waals surface area contributed by atoms with Crippen LogP contribution in [-0.4, -0.2) is 18.2 Å². The van der Waals surface area contributed by atoms with Crippen LogP contribution in [0.3, 0.4) is 0 Å². The first-order chi connectivity index (χ1) is 9.74. The highest BCUT2D eigenvalue weighted by atomic mass is 16.3. The van der Waals surface area contributed by atoms with Gasteiger partial charge in [-0.15, -0.1) is 0 Å². The van der Waals surface area contributed by atoms with E-state index in [0.29, 0.717) is 0 Å². The Morgan fingerprint density at radius 1 is 0.750 bits per heavy atom. The molecule has 3 nitrogen and oxygen atoms in total. The number of nitrogens with one attached hydrogen (secondary N) is 2.